The van der Waals surface area contributed by atoms with E-state index in [4.69, 9.17) is 4.98 Å². The molecule has 0 saturated carbocycles. The molecule has 0 amide bonds. The van der Waals surface area contributed by atoms with Crippen LogP contribution in [0.25, 0.3) is 33.2 Å². The van der Waals surface area contributed by atoms with E-state index in [1.807, 2.05) is 6.20 Å². The zero-order valence-electron chi connectivity index (χ0n) is 22.6. The van der Waals surface area contributed by atoms with E-state index in [-0.39, 0.29) is 12.3 Å². The van der Waals surface area contributed by atoms with E-state index >= 15 is 0 Å². The molecule has 0 fully saturated rings. The Labute approximate surface area is 221 Å². The Hall–Kier alpha value is -3.85. The second-order valence-electron chi connectivity index (χ2n) is 11.5. The van der Waals surface area contributed by atoms with Gasteiger partial charge in [-0.25, -0.2) is 0 Å². The molecule has 0 unspecified atom stereocenters. The van der Waals surface area contributed by atoms with Crippen molar-refractivity contribution in [2.75, 3.05) is 11.9 Å². The minimum atomic E-state index is 0.0204. The van der Waals surface area contributed by atoms with E-state index in [1.54, 1.807) is 0 Å². The lowest BCUT2D eigenvalue weighted by molar-refractivity contribution is 0.596. The van der Waals surface area contributed by atoms with Crippen molar-refractivity contribution in [2.24, 2.45) is 0 Å². The molecule has 5 aromatic rings. The number of hydrogen-bond donors (Lipinski definition) is 0. The van der Waals surface area contributed by atoms with Crippen LogP contribution in [0.4, 0.5) is 5.69 Å². The number of aromatic nitrogens is 1. The average Bonchev–Trinajstić information content (AvgIpc) is 2.88. The summed E-state index contributed by atoms with van der Waals surface area (Å²) in [6, 6.07) is 31.1. The van der Waals surface area contributed by atoms with Crippen LogP contribution in [0.2, 0.25) is 0 Å². The zero-order valence-corrected chi connectivity index (χ0v) is 22.6. The molecule has 3 heteroatoms. The molecule has 0 atom stereocenters. The van der Waals surface area contributed by atoms with E-state index < -0.39 is 0 Å². The van der Waals surface area contributed by atoms with Gasteiger partial charge in [-0.3, -0.25) is 4.98 Å². The van der Waals surface area contributed by atoms with Crippen LogP contribution in [-0.2, 0) is 5.41 Å². The Kier molecular flexibility index (Phi) is 5.49. The smallest absolute Gasteiger partial charge is 0.324 e. The van der Waals surface area contributed by atoms with Crippen LogP contribution in [-0.4, -0.2) is 18.9 Å². The molecule has 0 radical (unpaired) electrons. The van der Waals surface area contributed by atoms with Gasteiger partial charge < -0.3 is 4.81 Å². The second kappa shape index (κ2) is 8.62. The molecule has 4 aromatic carbocycles. The van der Waals surface area contributed by atoms with Crippen LogP contribution < -0.4 is 15.7 Å². The number of aryl methyl sites for hydroxylation is 2. The summed E-state index contributed by atoms with van der Waals surface area (Å²) in [6.07, 6.45) is 1.98. The van der Waals surface area contributed by atoms with Crippen LogP contribution in [0.1, 0.15) is 37.5 Å². The monoisotopic (exact) mass is 480 g/mol. The maximum Gasteiger partial charge on any atom is 0.324 e. The van der Waals surface area contributed by atoms with Crippen molar-refractivity contribution >= 4 is 34.2 Å². The van der Waals surface area contributed by atoms with Crippen molar-refractivity contribution in [3.05, 3.63) is 108 Å². The SMILES string of the molecule is Cc1cccc(C)c1B1c2ccccc2-c2c(ccnc2-c2cc(C(C)(C)C)c3ccccc3c2)N1C. The summed E-state index contributed by atoms with van der Waals surface area (Å²) in [7, 11) is 2.23. The molecule has 1 aliphatic heterocycles. The van der Waals surface area contributed by atoms with E-state index in [9.17, 15) is 0 Å². The summed E-state index contributed by atoms with van der Waals surface area (Å²) in [5, 5.41) is 2.58. The number of anilines is 1. The first kappa shape index (κ1) is 23.5. The van der Waals surface area contributed by atoms with Crippen LogP contribution in [0.5, 0.6) is 0 Å². The highest BCUT2D eigenvalue weighted by molar-refractivity contribution is 6.90. The molecule has 1 aromatic heterocycles. The highest BCUT2D eigenvalue weighted by atomic mass is 15.0. The molecule has 1 aliphatic rings. The first-order valence-electron chi connectivity index (χ1n) is 13.2. The Balaban J connectivity index is 1.63. The number of hydrogen-bond acceptors (Lipinski definition) is 2. The van der Waals surface area contributed by atoms with Crippen molar-refractivity contribution in [1.29, 1.82) is 0 Å². The van der Waals surface area contributed by atoms with E-state index in [2.05, 4.69) is 131 Å². The Morgan fingerprint density at radius 3 is 2.24 bits per heavy atom. The van der Waals surface area contributed by atoms with Gasteiger partial charge in [0.2, 0.25) is 0 Å². The summed E-state index contributed by atoms with van der Waals surface area (Å²) < 4.78 is 0. The topological polar surface area (TPSA) is 16.1 Å². The van der Waals surface area contributed by atoms with Crippen LogP contribution >= 0.6 is 0 Å². The Morgan fingerprint density at radius 2 is 1.49 bits per heavy atom. The van der Waals surface area contributed by atoms with Gasteiger partial charge in [0.05, 0.1) is 5.69 Å². The largest absolute Gasteiger partial charge is 0.409 e. The van der Waals surface area contributed by atoms with Crippen LogP contribution in [0.3, 0.4) is 0 Å². The van der Waals surface area contributed by atoms with Crippen molar-refractivity contribution in [3.63, 3.8) is 0 Å². The molecular formula is C34H33BN2. The molecule has 0 aliphatic carbocycles. The number of benzene rings is 4. The van der Waals surface area contributed by atoms with Crippen molar-refractivity contribution in [3.8, 4) is 22.4 Å². The lowest BCUT2D eigenvalue weighted by Crippen LogP contribution is -2.59. The van der Waals surface area contributed by atoms with Gasteiger partial charge >= 0.3 is 6.85 Å². The quantitative estimate of drug-likeness (QED) is 0.252. The van der Waals surface area contributed by atoms with E-state index in [0.717, 1.165) is 5.69 Å². The van der Waals surface area contributed by atoms with E-state index in [0.29, 0.717) is 0 Å². The van der Waals surface area contributed by atoms with Crippen molar-refractivity contribution in [1.82, 2.24) is 4.98 Å². The molecule has 6 rings (SSSR count). The highest BCUT2D eigenvalue weighted by Gasteiger charge is 2.37. The van der Waals surface area contributed by atoms with E-state index in [1.165, 1.54) is 60.8 Å². The van der Waals surface area contributed by atoms with Gasteiger partial charge in [-0.05, 0) is 77.3 Å². The van der Waals surface area contributed by atoms with Gasteiger partial charge in [-0.2, -0.15) is 0 Å². The molecule has 0 bridgehead atoms. The number of rotatable bonds is 2. The molecular weight excluding hydrogens is 447 g/mol. The zero-order chi connectivity index (χ0) is 25.9. The lowest BCUT2D eigenvalue weighted by atomic mass is 9.44. The van der Waals surface area contributed by atoms with Crippen molar-refractivity contribution in [2.45, 2.75) is 40.0 Å². The maximum absolute atomic E-state index is 5.03. The first-order valence-corrected chi connectivity index (χ1v) is 13.2. The molecule has 2 nitrogen and oxygen atoms in total. The second-order valence-corrected chi connectivity index (χ2v) is 11.5. The summed E-state index contributed by atoms with van der Waals surface area (Å²) in [6.45, 7) is 11.5. The van der Waals surface area contributed by atoms with Crippen LogP contribution in [0, 0.1) is 13.8 Å². The molecule has 37 heavy (non-hydrogen) atoms. The fourth-order valence-corrected chi connectivity index (χ4v) is 6.22. The van der Waals surface area contributed by atoms with Crippen LogP contribution in [0.15, 0.2) is 91.1 Å². The summed E-state index contributed by atoms with van der Waals surface area (Å²) in [4.78, 5) is 7.48. The van der Waals surface area contributed by atoms with Gasteiger partial charge in [0.15, 0.2) is 0 Å². The van der Waals surface area contributed by atoms with Gasteiger partial charge in [0, 0.05) is 23.0 Å². The summed E-state index contributed by atoms with van der Waals surface area (Å²) in [5.41, 5.74) is 12.7. The standard InChI is InChI=1S/C34H33BN2/c1-22-12-11-13-23(2)32(22)35-29-17-10-9-16-27(29)31-30(37(35)6)18-19-36-33(31)25-20-24-14-7-8-15-26(24)28(21-25)34(3,4)5/h7-21H,1-6H3. The third kappa shape index (κ3) is 3.76. The molecule has 2 heterocycles. The minimum Gasteiger partial charge on any atom is -0.409 e. The summed E-state index contributed by atoms with van der Waals surface area (Å²) >= 11 is 0. The van der Waals surface area contributed by atoms with Gasteiger partial charge in [0.1, 0.15) is 0 Å². The normalized spacial score (nSPS) is 13.0. The lowest BCUT2D eigenvalue weighted by Gasteiger charge is -2.37. The Bertz CT molecular complexity index is 1640. The molecule has 0 N–H and O–H groups in total. The van der Waals surface area contributed by atoms with Gasteiger partial charge in [-0.1, -0.05) is 98.6 Å². The fraction of sp³-hybridized carbons (Fsp3) is 0.206. The third-order valence-corrected chi connectivity index (χ3v) is 7.98. The molecule has 182 valence electrons. The average molecular weight is 480 g/mol. The van der Waals surface area contributed by atoms with Gasteiger partial charge in [-0.15, -0.1) is 0 Å². The maximum atomic E-state index is 5.03. The highest BCUT2D eigenvalue weighted by Crippen LogP contribution is 2.42. The Morgan fingerprint density at radius 1 is 0.784 bits per heavy atom. The number of pyridine rings is 1. The van der Waals surface area contributed by atoms with Crippen molar-refractivity contribution < 1.29 is 0 Å². The predicted octanol–water partition coefficient (Wildman–Crippen LogP) is 7.04. The molecule has 0 spiro atoms. The fourth-order valence-electron chi connectivity index (χ4n) is 6.22. The predicted molar refractivity (Wildman–Crippen MR) is 161 cm³/mol. The molecule has 0 saturated heterocycles. The number of nitrogens with zero attached hydrogens (tertiary/aromatic N) is 2. The number of fused-ring (bicyclic) bond motifs is 4. The van der Waals surface area contributed by atoms with Gasteiger partial charge in [0.25, 0.3) is 0 Å². The first-order chi connectivity index (χ1) is 17.8. The third-order valence-electron chi connectivity index (χ3n) is 7.98. The summed E-state index contributed by atoms with van der Waals surface area (Å²) in [5.74, 6) is 0. The minimum absolute atomic E-state index is 0.0204.